The molecule has 2 N–H and O–H groups in total. The van der Waals surface area contributed by atoms with E-state index in [1.807, 2.05) is 24.2 Å². The van der Waals surface area contributed by atoms with Crippen LogP contribution in [0.2, 0.25) is 0 Å². The molecule has 0 bridgehead atoms. The summed E-state index contributed by atoms with van der Waals surface area (Å²) in [5, 5.41) is 14.9. The molecule has 0 amide bonds. The minimum absolute atomic E-state index is 0.135. The fourth-order valence-corrected chi connectivity index (χ4v) is 2.28. The molecule has 2 aromatic rings. The number of nitrogens with one attached hydrogen (secondary N) is 1. The molecular formula is C15H19N3O. The summed E-state index contributed by atoms with van der Waals surface area (Å²) in [6.45, 7) is 0.726. The lowest BCUT2D eigenvalue weighted by molar-refractivity contribution is 0.304. The van der Waals surface area contributed by atoms with Gasteiger partial charge in [0.05, 0.1) is 6.61 Å². The second-order valence-electron chi connectivity index (χ2n) is 5.13. The number of aliphatic hydroxyl groups excluding tert-OH is 1. The Bertz CT molecular complexity index is 581. The second kappa shape index (κ2) is 5.05. The number of rotatable bonds is 5. The van der Waals surface area contributed by atoms with Gasteiger partial charge in [-0.05, 0) is 42.5 Å². The molecule has 1 aromatic carbocycles. The maximum Gasteiger partial charge on any atom is 0.136 e. The van der Waals surface area contributed by atoms with Crippen molar-refractivity contribution in [2.75, 3.05) is 30.4 Å². The van der Waals surface area contributed by atoms with Gasteiger partial charge >= 0.3 is 0 Å². The number of likely N-dealkylation sites (N-methyl/N-ethyl adjacent to an activating group) is 1. The minimum atomic E-state index is 0.135. The van der Waals surface area contributed by atoms with Crippen LogP contribution in [0.5, 0.6) is 0 Å². The van der Waals surface area contributed by atoms with Crippen LogP contribution < -0.4 is 10.2 Å². The lowest BCUT2D eigenvalue weighted by atomic mass is 10.1. The molecule has 0 saturated heterocycles. The van der Waals surface area contributed by atoms with Crippen LogP contribution in [0.3, 0.4) is 0 Å². The van der Waals surface area contributed by atoms with Gasteiger partial charge in [0.2, 0.25) is 0 Å². The summed E-state index contributed by atoms with van der Waals surface area (Å²) in [7, 11) is 1.95. The van der Waals surface area contributed by atoms with Gasteiger partial charge in [-0.2, -0.15) is 0 Å². The van der Waals surface area contributed by atoms with E-state index in [0.717, 1.165) is 11.2 Å². The van der Waals surface area contributed by atoms with Crippen LogP contribution in [0.15, 0.2) is 30.5 Å². The van der Waals surface area contributed by atoms with Gasteiger partial charge in [-0.15, -0.1) is 0 Å². The molecular weight excluding hydrogens is 238 g/mol. The topological polar surface area (TPSA) is 48.4 Å². The predicted molar refractivity (Wildman–Crippen MR) is 78.7 cm³/mol. The van der Waals surface area contributed by atoms with E-state index in [2.05, 4.69) is 28.5 Å². The van der Waals surface area contributed by atoms with Gasteiger partial charge in [0, 0.05) is 36.9 Å². The molecule has 100 valence electrons. The van der Waals surface area contributed by atoms with E-state index in [1.165, 1.54) is 23.9 Å². The lowest BCUT2D eigenvalue weighted by Gasteiger charge is -2.19. The predicted octanol–water partition coefficient (Wildman–Crippen LogP) is 2.24. The van der Waals surface area contributed by atoms with Gasteiger partial charge in [-0.3, -0.25) is 0 Å². The largest absolute Gasteiger partial charge is 0.395 e. The molecule has 1 saturated carbocycles. The first-order chi connectivity index (χ1) is 9.28. The van der Waals surface area contributed by atoms with Crippen LogP contribution in [0.4, 0.5) is 11.5 Å². The second-order valence-corrected chi connectivity index (χ2v) is 5.13. The van der Waals surface area contributed by atoms with Crippen molar-refractivity contribution in [1.82, 2.24) is 4.98 Å². The molecule has 0 spiro atoms. The van der Waals surface area contributed by atoms with E-state index in [1.54, 1.807) is 0 Å². The number of hydrogen-bond acceptors (Lipinski definition) is 4. The molecule has 3 rings (SSSR count). The van der Waals surface area contributed by atoms with Crippen molar-refractivity contribution in [2.24, 2.45) is 0 Å². The molecule has 4 heteroatoms. The number of anilines is 2. The molecule has 4 nitrogen and oxygen atoms in total. The van der Waals surface area contributed by atoms with E-state index in [9.17, 15) is 0 Å². The summed E-state index contributed by atoms with van der Waals surface area (Å²) >= 11 is 0. The van der Waals surface area contributed by atoms with Gasteiger partial charge in [-0.25, -0.2) is 4.98 Å². The Morgan fingerprint density at radius 2 is 2.21 bits per heavy atom. The van der Waals surface area contributed by atoms with E-state index in [0.29, 0.717) is 12.6 Å². The van der Waals surface area contributed by atoms with Gasteiger partial charge in [0.15, 0.2) is 0 Å². The summed E-state index contributed by atoms with van der Waals surface area (Å²) in [6, 6.07) is 9.08. The van der Waals surface area contributed by atoms with Crippen molar-refractivity contribution in [3.63, 3.8) is 0 Å². The van der Waals surface area contributed by atoms with Crippen molar-refractivity contribution >= 4 is 22.3 Å². The average Bonchev–Trinajstić information content (AvgIpc) is 3.22. The van der Waals surface area contributed by atoms with Gasteiger partial charge < -0.3 is 15.3 Å². The number of hydrogen-bond donors (Lipinski definition) is 2. The maximum atomic E-state index is 9.04. The van der Waals surface area contributed by atoms with Crippen LogP contribution >= 0.6 is 0 Å². The molecule has 0 unspecified atom stereocenters. The highest BCUT2D eigenvalue weighted by Gasteiger charge is 2.20. The van der Waals surface area contributed by atoms with E-state index < -0.39 is 0 Å². The molecule has 1 aliphatic carbocycles. The first kappa shape index (κ1) is 12.2. The van der Waals surface area contributed by atoms with E-state index >= 15 is 0 Å². The van der Waals surface area contributed by atoms with Gasteiger partial charge in [0.25, 0.3) is 0 Å². The average molecular weight is 257 g/mol. The van der Waals surface area contributed by atoms with Crippen LogP contribution in [-0.4, -0.2) is 36.3 Å². The summed E-state index contributed by atoms with van der Waals surface area (Å²) in [6.07, 6.45) is 4.38. The summed E-state index contributed by atoms with van der Waals surface area (Å²) < 4.78 is 0. The Kier molecular flexibility index (Phi) is 3.25. The lowest BCUT2D eigenvalue weighted by Crippen LogP contribution is -2.22. The third-order valence-electron chi connectivity index (χ3n) is 3.49. The minimum Gasteiger partial charge on any atom is -0.395 e. The smallest absolute Gasteiger partial charge is 0.136 e. The van der Waals surface area contributed by atoms with Crippen LogP contribution in [0.25, 0.3) is 10.8 Å². The molecule has 1 heterocycles. The van der Waals surface area contributed by atoms with Crippen molar-refractivity contribution in [3.05, 3.63) is 30.5 Å². The molecule has 19 heavy (non-hydrogen) atoms. The van der Waals surface area contributed by atoms with Crippen LogP contribution in [0.1, 0.15) is 12.8 Å². The number of aliphatic hydroxyl groups is 1. The molecule has 0 aliphatic heterocycles. The van der Waals surface area contributed by atoms with Crippen molar-refractivity contribution in [2.45, 2.75) is 18.9 Å². The van der Waals surface area contributed by atoms with Gasteiger partial charge in [-0.1, -0.05) is 0 Å². The number of aromatic nitrogens is 1. The van der Waals surface area contributed by atoms with E-state index in [4.69, 9.17) is 5.11 Å². The summed E-state index contributed by atoms with van der Waals surface area (Å²) in [5.74, 6) is 0.921. The van der Waals surface area contributed by atoms with E-state index in [-0.39, 0.29) is 6.61 Å². The third-order valence-corrected chi connectivity index (χ3v) is 3.49. The highest BCUT2D eigenvalue weighted by atomic mass is 16.3. The van der Waals surface area contributed by atoms with Crippen molar-refractivity contribution in [3.8, 4) is 0 Å². The van der Waals surface area contributed by atoms with Crippen molar-refractivity contribution in [1.29, 1.82) is 0 Å². The van der Waals surface area contributed by atoms with Crippen LogP contribution in [0, 0.1) is 0 Å². The monoisotopic (exact) mass is 257 g/mol. The van der Waals surface area contributed by atoms with Crippen molar-refractivity contribution < 1.29 is 5.11 Å². The standard InChI is InChI=1S/C15H19N3O/c1-18(8-9-19)15-14-5-4-13(17-12-2-3-12)10-11(14)6-7-16-15/h4-7,10,12,17,19H,2-3,8-9H2,1H3. The fourth-order valence-electron chi connectivity index (χ4n) is 2.28. The third kappa shape index (κ3) is 2.63. The first-order valence-corrected chi connectivity index (χ1v) is 6.75. The highest BCUT2D eigenvalue weighted by molar-refractivity contribution is 5.94. The summed E-state index contributed by atoms with van der Waals surface area (Å²) in [5.41, 5.74) is 1.18. The SMILES string of the molecule is CN(CCO)c1nccc2cc(NC3CC3)ccc12. The Balaban J connectivity index is 1.95. The highest BCUT2D eigenvalue weighted by Crippen LogP contribution is 2.29. The molecule has 1 fully saturated rings. The Morgan fingerprint density at radius 1 is 1.37 bits per heavy atom. The zero-order valence-electron chi connectivity index (χ0n) is 11.1. The molecule has 0 radical (unpaired) electrons. The fraction of sp³-hybridized carbons (Fsp3) is 0.400. The number of fused-ring (bicyclic) bond motifs is 1. The normalized spacial score (nSPS) is 14.6. The zero-order chi connectivity index (χ0) is 13.2. The Morgan fingerprint density at radius 3 is 2.95 bits per heavy atom. The number of benzene rings is 1. The Labute approximate surface area is 113 Å². The number of nitrogens with zero attached hydrogens (tertiary/aromatic N) is 2. The molecule has 1 aliphatic rings. The van der Waals surface area contributed by atoms with Gasteiger partial charge in [0.1, 0.15) is 5.82 Å². The zero-order valence-corrected chi connectivity index (χ0v) is 11.1. The quantitative estimate of drug-likeness (QED) is 0.862. The maximum absolute atomic E-state index is 9.04. The molecule has 0 atom stereocenters. The van der Waals surface area contributed by atoms with Crippen LogP contribution in [-0.2, 0) is 0 Å². The number of pyridine rings is 1. The first-order valence-electron chi connectivity index (χ1n) is 6.75. The molecule has 1 aromatic heterocycles. The summed E-state index contributed by atoms with van der Waals surface area (Å²) in [4.78, 5) is 6.41. The Hall–Kier alpha value is -1.81.